The van der Waals surface area contributed by atoms with Crippen molar-refractivity contribution in [3.8, 4) is 5.75 Å². The number of hydrogen-bond donors (Lipinski definition) is 1. The Balaban J connectivity index is 2.26. The molecule has 1 amide bonds. The van der Waals surface area contributed by atoms with E-state index in [0.717, 1.165) is 11.3 Å². The van der Waals surface area contributed by atoms with Crippen LogP contribution in [0.2, 0.25) is 0 Å². The molecule has 0 aliphatic rings. The molecule has 1 aromatic carbocycles. The van der Waals surface area contributed by atoms with E-state index in [2.05, 4.69) is 0 Å². The number of carbonyl (C=O) groups is 2. The molecule has 5 heteroatoms. The summed E-state index contributed by atoms with van der Waals surface area (Å²) < 4.78 is 5.50. The predicted octanol–water partition coefficient (Wildman–Crippen LogP) is 1.70. The summed E-state index contributed by atoms with van der Waals surface area (Å²) in [6.45, 7) is 2.82. The molecule has 0 aliphatic carbocycles. The van der Waals surface area contributed by atoms with E-state index in [4.69, 9.17) is 9.84 Å². The third kappa shape index (κ3) is 5.90. The molecule has 0 atom stereocenters. The minimum Gasteiger partial charge on any atom is -0.492 e. The molecule has 1 N–H and O–H groups in total. The zero-order valence-electron chi connectivity index (χ0n) is 11.3. The van der Waals surface area contributed by atoms with E-state index in [1.165, 1.54) is 4.90 Å². The monoisotopic (exact) mass is 265 g/mol. The highest BCUT2D eigenvalue weighted by Gasteiger charge is 2.10. The lowest BCUT2D eigenvalue weighted by atomic mass is 10.2. The van der Waals surface area contributed by atoms with E-state index in [9.17, 15) is 9.59 Å². The van der Waals surface area contributed by atoms with Crippen LogP contribution in [0.3, 0.4) is 0 Å². The van der Waals surface area contributed by atoms with Gasteiger partial charge in [-0.1, -0.05) is 17.7 Å². The van der Waals surface area contributed by atoms with Gasteiger partial charge in [-0.05, 0) is 19.1 Å². The number of nitrogens with zero attached hydrogens (tertiary/aromatic N) is 1. The molecule has 104 valence electrons. The quantitative estimate of drug-likeness (QED) is 0.814. The molecule has 1 aromatic rings. The normalized spacial score (nSPS) is 10.0. The first-order chi connectivity index (χ1) is 8.99. The molecule has 0 saturated carbocycles. The van der Waals surface area contributed by atoms with Crippen LogP contribution in [0.4, 0.5) is 0 Å². The number of carbonyl (C=O) groups excluding carboxylic acids is 1. The summed E-state index contributed by atoms with van der Waals surface area (Å²) in [6.07, 6.45) is -0.113. The number of rotatable bonds is 7. The van der Waals surface area contributed by atoms with Gasteiger partial charge in [-0.25, -0.2) is 0 Å². The van der Waals surface area contributed by atoms with Gasteiger partial charge in [0, 0.05) is 13.5 Å². The lowest BCUT2D eigenvalue weighted by molar-refractivity contribution is -0.140. The lowest BCUT2D eigenvalue weighted by Gasteiger charge is -2.17. The number of likely N-dealkylation sites (N-methyl/N-ethyl adjacent to an activating group) is 1. The third-order valence-electron chi connectivity index (χ3n) is 2.69. The molecule has 0 unspecified atom stereocenters. The zero-order valence-corrected chi connectivity index (χ0v) is 11.3. The van der Waals surface area contributed by atoms with Crippen molar-refractivity contribution in [2.24, 2.45) is 0 Å². The van der Waals surface area contributed by atoms with Gasteiger partial charge in [-0.2, -0.15) is 0 Å². The Labute approximate surface area is 112 Å². The Hall–Kier alpha value is -2.04. The summed E-state index contributed by atoms with van der Waals surface area (Å²) in [6, 6.07) is 7.66. The molecule has 0 aromatic heterocycles. The number of ether oxygens (including phenoxy) is 1. The fourth-order valence-electron chi connectivity index (χ4n) is 1.46. The van der Waals surface area contributed by atoms with Gasteiger partial charge >= 0.3 is 5.97 Å². The summed E-state index contributed by atoms with van der Waals surface area (Å²) >= 11 is 0. The van der Waals surface area contributed by atoms with E-state index < -0.39 is 5.97 Å². The summed E-state index contributed by atoms with van der Waals surface area (Å²) in [4.78, 5) is 23.4. The van der Waals surface area contributed by atoms with Crippen molar-refractivity contribution >= 4 is 11.9 Å². The molecular weight excluding hydrogens is 246 g/mol. The Kier molecular flexibility index (Phi) is 5.85. The predicted molar refractivity (Wildman–Crippen MR) is 71.2 cm³/mol. The second-order valence-corrected chi connectivity index (χ2v) is 4.37. The maximum atomic E-state index is 11.5. The summed E-state index contributed by atoms with van der Waals surface area (Å²) in [7, 11) is 1.64. The summed E-state index contributed by atoms with van der Waals surface area (Å²) in [5, 5.41) is 8.50. The van der Waals surface area contributed by atoms with Crippen molar-refractivity contribution in [2.45, 2.75) is 19.8 Å². The molecule has 0 fully saturated rings. The summed E-state index contributed by atoms with van der Waals surface area (Å²) in [5.41, 5.74) is 1.16. The lowest BCUT2D eigenvalue weighted by Crippen LogP contribution is -2.31. The number of aryl methyl sites for hydroxylation is 1. The number of carboxylic acids is 1. The standard InChI is InChI=1S/C14H19NO4/c1-11-3-5-12(6-4-11)19-10-9-15(2)13(16)7-8-14(17)18/h3-6H,7-10H2,1-2H3,(H,17,18). The number of amides is 1. The van der Waals surface area contributed by atoms with Gasteiger partial charge in [0.05, 0.1) is 13.0 Å². The SMILES string of the molecule is Cc1ccc(OCCN(C)C(=O)CCC(=O)O)cc1. The van der Waals surface area contributed by atoms with E-state index in [1.54, 1.807) is 7.05 Å². The average molecular weight is 265 g/mol. The second kappa shape index (κ2) is 7.41. The van der Waals surface area contributed by atoms with Crippen LogP contribution < -0.4 is 4.74 Å². The van der Waals surface area contributed by atoms with E-state index in [0.29, 0.717) is 13.2 Å². The number of hydrogen-bond acceptors (Lipinski definition) is 3. The fourth-order valence-corrected chi connectivity index (χ4v) is 1.46. The maximum absolute atomic E-state index is 11.5. The molecule has 19 heavy (non-hydrogen) atoms. The van der Waals surface area contributed by atoms with Crippen LogP contribution in [-0.4, -0.2) is 42.1 Å². The maximum Gasteiger partial charge on any atom is 0.303 e. The Morgan fingerprint density at radius 1 is 1.21 bits per heavy atom. The van der Waals surface area contributed by atoms with Crippen LogP contribution in [0, 0.1) is 6.92 Å². The highest BCUT2D eigenvalue weighted by Crippen LogP contribution is 2.11. The van der Waals surface area contributed by atoms with Crippen LogP contribution >= 0.6 is 0 Å². The molecule has 0 aliphatic heterocycles. The van der Waals surface area contributed by atoms with Crippen molar-refractivity contribution < 1.29 is 19.4 Å². The first-order valence-electron chi connectivity index (χ1n) is 6.14. The number of carboxylic acid groups (broad SMARTS) is 1. The van der Waals surface area contributed by atoms with Crippen molar-refractivity contribution in [2.75, 3.05) is 20.2 Å². The minimum absolute atomic E-state index is 0.0242. The molecule has 0 heterocycles. The van der Waals surface area contributed by atoms with Crippen LogP contribution in [-0.2, 0) is 9.59 Å². The van der Waals surface area contributed by atoms with Gasteiger partial charge in [-0.3, -0.25) is 9.59 Å². The van der Waals surface area contributed by atoms with Crippen molar-refractivity contribution in [3.63, 3.8) is 0 Å². The van der Waals surface area contributed by atoms with E-state index >= 15 is 0 Å². The fraction of sp³-hybridized carbons (Fsp3) is 0.429. The van der Waals surface area contributed by atoms with E-state index in [1.807, 2.05) is 31.2 Å². The highest BCUT2D eigenvalue weighted by atomic mass is 16.5. The van der Waals surface area contributed by atoms with Gasteiger partial charge < -0.3 is 14.7 Å². The third-order valence-corrected chi connectivity index (χ3v) is 2.69. The van der Waals surface area contributed by atoms with Gasteiger partial charge in [-0.15, -0.1) is 0 Å². The Bertz CT molecular complexity index is 428. The average Bonchev–Trinajstić information content (AvgIpc) is 2.38. The molecule has 5 nitrogen and oxygen atoms in total. The van der Waals surface area contributed by atoms with Gasteiger partial charge in [0.1, 0.15) is 12.4 Å². The molecule has 0 saturated heterocycles. The van der Waals surface area contributed by atoms with Crippen molar-refractivity contribution in [1.82, 2.24) is 4.90 Å². The Morgan fingerprint density at radius 2 is 1.84 bits per heavy atom. The smallest absolute Gasteiger partial charge is 0.303 e. The number of benzene rings is 1. The molecule has 0 spiro atoms. The van der Waals surface area contributed by atoms with Crippen LogP contribution in [0.1, 0.15) is 18.4 Å². The molecule has 0 radical (unpaired) electrons. The second-order valence-electron chi connectivity index (χ2n) is 4.37. The molecule has 1 rings (SSSR count). The van der Waals surface area contributed by atoms with Crippen LogP contribution in [0.5, 0.6) is 5.75 Å². The molecular formula is C14H19NO4. The van der Waals surface area contributed by atoms with Crippen molar-refractivity contribution in [3.05, 3.63) is 29.8 Å². The van der Waals surface area contributed by atoms with Crippen molar-refractivity contribution in [1.29, 1.82) is 0 Å². The number of aliphatic carboxylic acids is 1. The largest absolute Gasteiger partial charge is 0.492 e. The zero-order chi connectivity index (χ0) is 14.3. The molecule has 0 bridgehead atoms. The summed E-state index contributed by atoms with van der Waals surface area (Å²) in [5.74, 6) is -0.385. The first-order valence-corrected chi connectivity index (χ1v) is 6.14. The highest BCUT2D eigenvalue weighted by molar-refractivity contribution is 5.80. The van der Waals surface area contributed by atoms with Gasteiger partial charge in [0.25, 0.3) is 0 Å². The minimum atomic E-state index is -0.961. The van der Waals surface area contributed by atoms with Gasteiger partial charge in [0.2, 0.25) is 5.91 Å². The van der Waals surface area contributed by atoms with Crippen LogP contribution in [0.15, 0.2) is 24.3 Å². The topological polar surface area (TPSA) is 66.8 Å². The van der Waals surface area contributed by atoms with E-state index in [-0.39, 0.29) is 18.7 Å². The first kappa shape index (κ1) is 15.0. The van der Waals surface area contributed by atoms with Gasteiger partial charge in [0.15, 0.2) is 0 Å². The Morgan fingerprint density at radius 3 is 2.42 bits per heavy atom. The van der Waals surface area contributed by atoms with Crippen LogP contribution in [0.25, 0.3) is 0 Å².